The molecule has 2 aromatic rings. The van der Waals surface area contributed by atoms with Crippen molar-refractivity contribution in [3.05, 3.63) is 23.2 Å². The molecule has 2 N–H and O–H groups in total. The van der Waals surface area contributed by atoms with Gasteiger partial charge in [-0.05, 0) is 56.7 Å². The van der Waals surface area contributed by atoms with Crippen molar-refractivity contribution in [2.45, 2.75) is 50.5 Å². The number of fused-ring (bicyclic) bond motifs is 1. The molecule has 0 bridgehead atoms. The van der Waals surface area contributed by atoms with E-state index in [-0.39, 0.29) is 11.8 Å². The van der Waals surface area contributed by atoms with Crippen LogP contribution in [0.3, 0.4) is 0 Å². The van der Waals surface area contributed by atoms with Gasteiger partial charge < -0.3 is 10.4 Å². The largest absolute Gasteiger partial charge is 0.380 e. The number of amides is 1. The van der Waals surface area contributed by atoms with Crippen molar-refractivity contribution < 1.29 is 9.90 Å². The van der Waals surface area contributed by atoms with Crippen LogP contribution in [-0.4, -0.2) is 21.6 Å². The monoisotopic (exact) mass is 316 g/mol. The molecule has 22 heavy (non-hydrogen) atoms. The fraction of sp³-hybridized carbons (Fsp3) is 0.529. The Bertz CT molecular complexity index is 729. The number of nitrogens with zero attached hydrogens (tertiary/aromatic N) is 1. The Morgan fingerprint density at radius 2 is 2.14 bits per heavy atom. The molecule has 2 aliphatic rings. The predicted molar refractivity (Wildman–Crippen MR) is 88.2 cm³/mol. The van der Waals surface area contributed by atoms with Gasteiger partial charge in [-0.25, -0.2) is 4.98 Å². The van der Waals surface area contributed by atoms with Gasteiger partial charge in [0.05, 0.1) is 15.2 Å². The zero-order valence-electron chi connectivity index (χ0n) is 12.6. The third-order valence-corrected chi connectivity index (χ3v) is 6.13. The fourth-order valence-electron chi connectivity index (χ4n) is 2.94. The van der Waals surface area contributed by atoms with Gasteiger partial charge in [-0.15, -0.1) is 11.3 Å². The molecule has 1 aromatic carbocycles. The highest BCUT2D eigenvalue weighted by molar-refractivity contribution is 7.18. The number of hydrogen-bond donors (Lipinski definition) is 2. The standard InChI is InChI=1S/C17H20N2O2S/c1-17(21,11-3-2-4-11)16(20)18-12-7-8-13-14(9-12)22-15(19-13)10-5-6-10/h7-11,21H,2-6H2,1H3,(H,18,20)/t17-/m0/s1. The van der Waals surface area contributed by atoms with E-state index in [2.05, 4.69) is 10.3 Å². The first-order valence-corrected chi connectivity index (χ1v) is 8.80. The molecule has 1 aromatic heterocycles. The first-order chi connectivity index (χ1) is 10.5. The Balaban J connectivity index is 1.54. The smallest absolute Gasteiger partial charge is 0.256 e. The number of rotatable bonds is 4. The lowest BCUT2D eigenvalue weighted by molar-refractivity contribution is -0.141. The minimum atomic E-state index is -1.28. The highest BCUT2D eigenvalue weighted by atomic mass is 32.1. The summed E-state index contributed by atoms with van der Waals surface area (Å²) in [4.78, 5) is 17.0. The van der Waals surface area contributed by atoms with Gasteiger partial charge in [0.25, 0.3) is 5.91 Å². The number of carbonyl (C=O) groups is 1. The normalized spacial score (nSPS) is 21.4. The number of aliphatic hydroxyl groups is 1. The number of hydrogen-bond acceptors (Lipinski definition) is 4. The molecule has 5 heteroatoms. The Morgan fingerprint density at radius 3 is 2.77 bits per heavy atom. The molecule has 2 fully saturated rings. The van der Waals surface area contributed by atoms with E-state index in [1.807, 2.05) is 18.2 Å². The summed E-state index contributed by atoms with van der Waals surface area (Å²) in [7, 11) is 0. The van der Waals surface area contributed by atoms with Crippen LogP contribution < -0.4 is 5.32 Å². The molecule has 1 amide bonds. The number of benzene rings is 1. The average molecular weight is 316 g/mol. The number of carbonyl (C=O) groups excluding carboxylic acids is 1. The Labute approximate surface area is 133 Å². The third-order valence-electron chi connectivity index (χ3n) is 4.95. The lowest BCUT2D eigenvalue weighted by Crippen LogP contribution is -2.49. The first kappa shape index (κ1) is 14.2. The molecule has 0 radical (unpaired) electrons. The van der Waals surface area contributed by atoms with Gasteiger partial charge in [0, 0.05) is 11.6 Å². The van der Waals surface area contributed by atoms with E-state index in [0.717, 1.165) is 35.2 Å². The second kappa shape index (κ2) is 5.03. The van der Waals surface area contributed by atoms with Crippen molar-refractivity contribution >= 4 is 33.1 Å². The van der Waals surface area contributed by atoms with Crippen molar-refractivity contribution in [2.24, 2.45) is 5.92 Å². The molecule has 1 atom stereocenters. The molecule has 4 rings (SSSR count). The Hall–Kier alpha value is -1.46. The van der Waals surface area contributed by atoms with E-state index in [4.69, 9.17) is 0 Å². The summed E-state index contributed by atoms with van der Waals surface area (Å²) in [5.41, 5.74) is 0.457. The van der Waals surface area contributed by atoms with E-state index in [0.29, 0.717) is 5.92 Å². The van der Waals surface area contributed by atoms with Gasteiger partial charge in [0.1, 0.15) is 5.60 Å². The SMILES string of the molecule is C[C@@](O)(C(=O)Nc1ccc2nc(C3CC3)sc2c1)C1CCC1. The topological polar surface area (TPSA) is 62.2 Å². The van der Waals surface area contributed by atoms with E-state index < -0.39 is 5.60 Å². The first-order valence-electron chi connectivity index (χ1n) is 7.98. The summed E-state index contributed by atoms with van der Waals surface area (Å²) in [6, 6.07) is 5.78. The molecule has 0 unspecified atom stereocenters. The summed E-state index contributed by atoms with van der Waals surface area (Å²) in [6.45, 7) is 1.63. The van der Waals surface area contributed by atoms with Crippen molar-refractivity contribution in [3.63, 3.8) is 0 Å². The van der Waals surface area contributed by atoms with Crippen LogP contribution in [0, 0.1) is 5.92 Å². The molecular formula is C17H20N2O2S. The number of anilines is 1. The maximum absolute atomic E-state index is 12.4. The van der Waals surface area contributed by atoms with Crippen LogP contribution >= 0.6 is 11.3 Å². The molecular weight excluding hydrogens is 296 g/mol. The summed E-state index contributed by atoms with van der Waals surface area (Å²) in [6.07, 6.45) is 5.45. The maximum atomic E-state index is 12.4. The summed E-state index contributed by atoms with van der Waals surface area (Å²) in [5.74, 6) is 0.430. The van der Waals surface area contributed by atoms with Crippen molar-refractivity contribution in [1.82, 2.24) is 4.98 Å². The number of aromatic nitrogens is 1. The zero-order valence-corrected chi connectivity index (χ0v) is 13.4. The van der Waals surface area contributed by atoms with Gasteiger partial charge in [-0.2, -0.15) is 0 Å². The minimum absolute atomic E-state index is 0.0844. The molecule has 2 aliphatic carbocycles. The highest BCUT2D eigenvalue weighted by Crippen LogP contribution is 2.43. The molecule has 4 nitrogen and oxygen atoms in total. The third kappa shape index (κ3) is 2.42. The van der Waals surface area contributed by atoms with Crippen molar-refractivity contribution in [2.75, 3.05) is 5.32 Å². The van der Waals surface area contributed by atoms with Gasteiger partial charge in [0.15, 0.2) is 0 Å². The van der Waals surface area contributed by atoms with Crippen LogP contribution in [0.5, 0.6) is 0 Å². The quantitative estimate of drug-likeness (QED) is 0.905. The van der Waals surface area contributed by atoms with E-state index in [1.165, 1.54) is 17.8 Å². The van der Waals surface area contributed by atoms with Gasteiger partial charge in [0.2, 0.25) is 0 Å². The molecule has 0 aliphatic heterocycles. The van der Waals surface area contributed by atoms with Crippen LogP contribution in [0.25, 0.3) is 10.2 Å². The highest BCUT2D eigenvalue weighted by Gasteiger charge is 2.42. The van der Waals surface area contributed by atoms with Gasteiger partial charge in [-0.1, -0.05) is 6.42 Å². The van der Waals surface area contributed by atoms with Crippen molar-refractivity contribution in [1.29, 1.82) is 0 Å². The summed E-state index contributed by atoms with van der Waals surface area (Å²) >= 11 is 1.71. The van der Waals surface area contributed by atoms with Crippen molar-refractivity contribution in [3.8, 4) is 0 Å². The molecule has 0 saturated heterocycles. The van der Waals surface area contributed by atoms with E-state index >= 15 is 0 Å². The van der Waals surface area contributed by atoms with Crippen LogP contribution in [0.1, 0.15) is 50.0 Å². The molecule has 116 valence electrons. The molecule has 1 heterocycles. The average Bonchev–Trinajstić information content (AvgIpc) is 3.16. The fourth-order valence-corrected chi connectivity index (χ4v) is 4.11. The lowest BCUT2D eigenvalue weighted by atomic mass is 9.73. The second-order valence-corrected chi connectivity index (χ2v) is 7.80. The Kier molecular flexibility index (Phi) is 3.24. The molecule has 2 saturated carbocycles. The zero-order chi connectivity index (χ0) is 15.3. The number of thiazole rings is 1. The summed E-state index contributed by atoms with van der Waals surface area (Å²) < 4.78 is 1.10. The van der Waals surface area contributed by atoms with Crippen LogP contribution in [-0.2, 0) is 4.79 Å². The van der Waals surface area contributed by atoms with Crippen LogP contribution in [0.2, 0.25) is 0 Å². The second-order valence-electron chi connectivity index (χ2n) is 6.74. The van der Waals surface area contributed by atoms with Crippen LogP contribution in [0.15, 0.2) is 18.2 Å². The molecule has 0 spiro atoms. The van der Waals surface area contributed by atoms with E-state index in [9.17, 15) is 9.90 Å². The lowest BCUT2D eigenvalue weighted by Gasteiger charge is -2.37. The van der Waals surface area contributed by atoms with Gasteiger partial charge in [-0.3, -0.25) is 4.79 Å². The van der Waals surface area contributed by atoms with Crippen LogP contribution in [0.4, 0.5) is 5.69 Å². The van der Waals surface area contributed by atoms with Gasteiger partial charge >= 0.3 is 0 Å². The predicted octanol–water partition coefficient (Wildman–Crippen LogP) is 3.66. The Morgan fingerprint density at radius 1 is 1.36 bits per heavy atom. The number of nitrogens with one attached hydrogen (secondary N) is 1. The minimum Gasteiger partial charge on any atom is -0.380 e. The van der Waals surface area contributed by atoms with E-state index in [1.54, 1.807) is 18.3 Å². The summed E-state index contributed by atoms with van der Waals surface area (Å²) in [5, 5.41) is 14.5. The maximum Gasteiger partial charge on any atom is 0.256 e.